The summed E-state index contributed by atoms with van der Waals surface area (Å²) in [5, 5.41) is 9.44. The molecule has 1 aliphatic rings. The summed E-state index contributed by atoms with van der Waals surface area (Å²) in [4.78, 5) is 0.263. The molecule has 1 fully saturated rings. The molecule has 1 aliphatic carbocycles. The maximum Gasteiger partial charge on any atom is 0.179 e. The number of benzene rings is 1. The Morgan fingerprint density at radius 3 is 2.74 bits per heavy atom. The van der Waals surface area contributed by atoms with Gasteiger partial charge in [-0.2, -0.15) is 17.0 Å². The van der Waals surface area contributed by atoms with Crippen molar-refractivity contribution in [3.8, 4) is 6.07 Å². The van der Waals surface area contributed by atoms with Crippen LogP contribution in [0.1, 0.15) is 31.2 Å². The van der Waals surface area contributed by atoms with E-state index in [1.807, 2.05) is 6.07 Å². The van der Waals surface area contributed by atoms with Crippen LogP contribution in [0.15, 0.2) is 29.2 Å². The Kier molecular flexibility index (Phi) is 4.89. The van der Waals surface area contributed by atoms with Crippen LogP contribution in [0.25, 0.3) is 0 Å². The number of rotatable bonds is 5. The molecule has 0 saturated heterocycles. The zero-order chi connectivity index (χ0) is 13.7. The van der Waals surface area contributed by atoms with E-state index in [1.165, 1.54) is 31.7 Å². The number of hydrogen-bond acceptors (Lipinski definition) is 4. The highest BCUT2D eigenvalue weighted by molar-refractivity contribution is 8.01. The van der Waals surface area contributed by atoms with Crippen LogP contribution in [-0.2, 0) is 9.84 Å². The monoisotopic (exact) mass is 295 g/mol. The molecule has 102 valence electrons. The molecule has 1 aromatic rings. The molecule has 0 spiro atoms. The van der Waals surface area contributed by atoms with E-state index < -0.39 is 9.84 Å². The number of thioether (sulfide) groups is 1. The van der Waals surface area contributed by atoms with Crippen LogP contribution in [0.4, 0.5) is 0 Å². The molecular weight excluding hydrogens is 278 g/mol. The summed E-state index contributed by atoms with van der Waals surface area (Å²) in [7, 11) is -3.26. The van der Waals surface area contributed by atoms with E-state index in [0.29, 0.717) is 16.6 Å². The van der Waals surface area contributed by atoms with Gasteiger partial charge in [-0.15, -0.1) is 0 Å². The van der Waals surface area contributed by atoms with Gasteiger partial charge in [0.25, 0.3) is 0 Å². The Morgan fingerprint density at radius 2 is 2.05 bits per heavy atom. The van der Waals surface area contributed by atoms with Crippen molar-refractivity contribution < 1.29 is 8.42 Å². The Labute approximate surface area is 118 Å². The van der Waals surface area contributed by atoms with Gasteiger partial charge in [-0.3, -0.25) is 0 Å². The van der Waals surface area contributed by atoms with E-state index in [1.54, 1.807) is 30.0 Å². The second-order valence-electron chi connectivity index (χ2n) is 4.74. The van der Waals surface area contributed by atoms with Crippen molar-refractivity contribution in [3.63, 3.8) is 0 Å². The molecule has 0 unspecified atom stereocenters. The van der Waals surface area contributed by atoms with E-state index in [4.69, 9.17) is 5.26 Å². The van der Waals surface area contributed by atoms with Gasteiger partial charge in [0.15, 0.2) is 9.84 Å². The largest absolute Gasteiger partial charge is 0.224 e. The number of nitriles is 1. The number of sulfone groups is 1. The van der Waals surface area contributed by atoms with Crippen molar-refractivity contribution in [3.05, 3.63) is 29.8 Å². The second-order valence-corrected chi connectivity index (χ2v) is 8.25. The average Bonchev–Trinajstić information content (AvgIpc) is 2.92. The summed E-state index contributed by atoms with van der Waals surface area (Å²) in [6.45, 7) is 0. The molecular formula is C14H17NO2S2. The van der Waals surface area contributed by atoms with E-state index in [2.05, 4.69) is 0 Å². The summed E-state index contributed by atoms with van der Waals surface area (Å²) in [6, 6.07) is 8.23. The predicted octanol–water partition coefficient (Wildman–Crippen LogP) is 3.01. The second kappa shape index (κ2) is 6.44. The third kappa shape index (κ3) is 3.99. The summed E-state index contributed by atoms with van der Waals surface area (Å²) >= 11 is 1.77. The lowest BCUT2D eigenvalue weighted by atomic mass is 10.2. The summed E-state index contributed by atoms with van der Waals surface area (Å²) in [5.74, 6) is 0.798. The molecule has 0 aromatic heterocycles. The first kappa shape index (κ1) is 14.4. The zero-order valence-electron chi connectivity index (χ0n) is 10.7. The van der Waals surface area contributed by atoms with E-state index in [9.17, 15) is 8.42 Å². The van der Waals surface area contributed by atoms with Crippen molar-refractivity contribution in [2.45, 2.75) is 35.8 Å². The fourth-order valence-electron chi connectivity index (χ4n) is 2.26. The fourth-order valence-corrected chi connectivity index (χ4v) is 5.35. The molecule has 3 nitrogen and oxygen atoms in total. The highest BCUT2D eigenvalue weighted by atomic mass is 32.2. The predicted molar refractivity (Wildman–Crippen MR) is 77.9 cm³/mol. The molecule has 0 heterocycles. The average molecular weight is 295 g/mol. The summed E-state index contributed by atoms with van der Waals surface area (Å²) in [6.07, 6.45) is 4.98. The topological polar surface area (TPSA) is 57.9 Å². The highest BCUT2D eigenvalue weighted by Gasteiger charge is 2.18. The highest BCUT2D eigenvalue weighted by Crippen LogP contribution is 2.29. The van der Waals surface area contributed by atoms with E-state index in [0.717, 1.165) is 0 Å². The molecule has 0 radical (unpaired) electrons. The first-order valence-electron chi connectivity index (χ1n) is 6.46. The molecule has 1 saturated carbocycles. The Balaban J connectivity index is 1.95. The molecule has 0 bridgehead atoms. The van der Waals surface area contributed by atoms with Crippen molar-refractivity contribution >= 4 is 21.6 Å². The standard InChI is InChI=1S/C14H17NO2S2/c15-11-12-4-3-7-14(10-12)19(16,17)9-8-18-13-5-1-2-6-13/h3-4,7,10,13H,1-2,5-6,8-9H2. The quantitative estimate of drug-likeness (QED) is 0.838. The van der Waals surface area contributed by atoms with E-state index >= 15 is 0 Å². The molecule has 0 N–H and O–H groups in total. The third-order valence-electron chi connectivity index (χ3n) is 3.33. The van der Waals surface area contributed by atoms with Gasteiger partial charge in [-0.1, -0.05) is 18.9 Å². The summed E-state index contributed by atoms with van der Waals surface area (Å²) < 4.78 is 24.3. The van der Waals surface area contributed by atoms with E-state index in [-0.39, 0.29) is 10.6 Å². The lowest BCUT2D eigenvalue weighted by molar-refractivity contribution is 0.597. The molecule has 2 rings (SSSR count). The van der Waals surface area contributed by atoms with Crippen LogP contribution in [0.3, 0.4) is 0 Å². The fraction of sp³-hybridized carbons (Fsp3) is 0.500. The Hall–Kier alpha value is -0.990. The zero-order valence-corrected chi connectivity index (χ0v) is 12.3. The maximum absolute atomic E-state index is 12.2. The lowest BCUT2D eigenvalue weighted by Gasteiger charge is -2.09. The van der Waals surface area contributed by atoms with Crippen LogP contribution in [-0.4, -0.2) is 25.2 Å². The lowest BCUT2D eigenvalue weighted by Crippen LogP contribution is -2.10. The molecule has 5 heteroatoms. The third-order valence-corrected chi connectivity index (χ3v) is 6.68. The van der Waals surface area contributed by atoms with Crippen LogP contribution in [0, 0.1) is 11.3 Å². The first-order valence-corrected chi connectivity index (χ1v) is 9.16. The van der Waals surface area contributed by atoms with Gasteiger partial charge < -0.3 is 0 Å². The van der Waals surface area contributed by atoms with Gasteiger partial charge in [0.05, 0.1) is 22.3 Å². The summed E-state index contributed by atoms with van der Waals surface area (Å²) in [5.41, 5.74) is 0.393. The minimum Gasteiger partial charge on any atom is -0.224 e. The van der Waals surface area contributed by atoms with Gasteiger partial charge in [-0.25, -0.2) is 8.42 Å². The molecule has 0 amide bonds. The smallest absolute Gasteiger partial charge is 0.179 e. The van der Waals surface area contributed by atoms with Crippen LogP contribution in [0.5, 0.6) is 0 Å². The number of hydrogen-bond donors (Lipinski definition) is 0. The minimum absolute atomic E-state index is 0.156. The normalized spacial score (nSPS) is 16.4. The van der Waals surface area contributed by atoms with Crippen LogP contribution >= 0.6 is 11.8 Å². The van der Waals surface area contributed by atoms with Crippen LogP contribution in [0.2, 0.25) is 0 Å². The van der Waals surface area contributed by atoms with Crippen molar-refractivity contribution in [1.29, 1.82) is 5.26 Å². The maximum atomic E-state index is 12.2. The number of nitrogens with zero attached hydrogens (tertiary/aromatic N) is 1. The van der Waals surface area contributed by atoms with Gasteiger partial charge in [0.2, 0.25) is 0 Å². The molecule has 0 aliphatic heterocycles. The van der Waals surface area contributed by atoms with Gasteiger partial charge >= 0.3 is 0 Å². The molecule has 19 heavy (non-hydrogen) atoms. The van der Waals surface area contributed by atoms with Gasteiger partial charge in [-0.05, 0) is 31.0 Å². The van der Waals surface area contributed by atoms with Crippen molar-refractivity contribution in [2.24, 2.45) is 0 Å². The Morgan fingerprint density at radius 1 is 1.32 bits per heavy atom. The van der Waals surface area contributed by atoms with Crippen molar-refractivity contribution in [2.75, 3.05) is 11.5 Å². The SMILES string of the molecule is N#Cc1cccc(S(=O)(=O)CCSC2CCCC2)c1. The molecule has 0 atom stereocenters. The molecule has 1 aromatic carbocycles. The first-order chi connectivity index (χ1) is 9.12. The van der Waals surface area contributed by atoms with Gasteiger partial charge in [0.1, 0.15) is 0 Å². The Bertz CT molecular complexity index is 569. The van der Waals surface area contributed by atoms with Crippen molar-refractivity contribution in [1.82, 2.24) is 0 Å². The minimum atomic E-state index is -3.26. The van der Waals surface area contributed by atoms with Gasteiger partial charge in [0, 0.05) is 11.0 Å². The van der Waals surface area contributed by atoms with Crippen LogP contribution < -0.4 is 0 Å².